The van der Waals surface area contributed by atoms with Gasteiger partial charge in [-0.2, -0.15) is 0 Å². The van der Waals surface area contributed by atoms with E-state index in [0.717, 1.165) is 13.2 Å². The molecule has 0 amide bonds. The minimum absolute atomic E-state index is 0. The lowest BCUT2D eigenvalue weighted by atomic mass is 9.77. The molecule has 3 nitrogen and oxygen atoms in total. The molecule has 0 aromatic heterocycles. The number of piperidine rings is 1. The second-order valence-corrected chi connectivity index (χ2v) is 7.16. The van der Waals surface area contributed by atoms with Crippen molar-refractivity contribution in [1.29, 1.82) is 0 Å². The van der Waals surface area contributed by atoms with Gasteiger partial charge in [0.15, 0.2) is 0 Å². The fourth-order valence-electron chi connectivity index (χ4n) is 4.15. The van der Waals surface area contributed by atoms with Gasteiger partial charge in [0.05, 0.1) is 0 Å². The van der Waals surface area contributed by atoms with Crippen LogP contribution in [0.5, 0.6) is 0 Å². The molecule has 3 rings (SSSR count). The number of hydrogen-bond acceptors (Lipinski definition) is 3. The molecule has 0 aromatic rings. The van der Waals surface area contributed by atoms with Gasteiger partial charge in [0.1, 0.15) is 0 Å². The van der Waals surface area contributed by atoms with Crippen molar-refractivity contribution >= 4 is 24.8 Å². The Morgan fingerprint density at radius 1 is 1.10 bits per heavy atom. The molecule has 0 aromatic carbocycles. The standard InChI is InChI=1S/C15H28N2O.2ClH/c1-14(5-9-18-10-6-14)12-17-8-2-3-15(13-17)4-7-16-11-15;;/h16H,2-13H2,1H3;2*1H. The van der Waals surface area contributed by atoms with Crippen molar-refractivity contribution in [2.75, 3.05) is 45.9 Å². The average molecular weight is 325 g/mol. The van der Waals surface area contributed by atoms with Gasteiger partial charge in [0.25, 0.3) is 0 Å². The lowest BCUT2D eigenvalue weighted by molar-refractivity contribution is -0.0102. The van der Waals surface area contributed by atoms with Gasteiger partial charge in [-0.05, 0) is 56.0 Å². The van der Waals surface area contributed by atoms with Crippen molar-refractivity contribution in [2.24, 2.45) is 10.8 Å². The van der Waals surface area contributed by atoms with E-state index in [1.165, 1.54) is 64.8 Å². The Hall–Kier alpha value is 0.460. The first kappa shape index (κ1) is 18.5. The van der Waals surface area contributed by atoms with Crippen LogP contribution in [-0.2, 0) is 4.74 Å². The fourth-order valence-corrected chi connectivity index (χ4v) is 4.15. The number of nitrogens with zero attached hydrogens (tertiary/aromatic N) is 1. The highest BCUT2D eigenvalue weighted by atomic mass is 35.5. The summed E-state index contributed by atoms with van der Waals surface area (Å²) in [5, 5.41) is 3.57. The highest BCUT2D eigenvalue weighted by Gasteiger charge is 2.39. The van der Waals surface area contributed by atoms with Crippen LogP contribution in [-0.4, -0.2) is 50.8 Å². The van der Waals surface area contributed by atoms with Crippen LogP contribution in [0.1, 0.15) is 39.0 Å². The lowest BCUT2D eigenvalue weighted by Crippen LogP contribution is -2.49. The van der Waals surface area contributed by atoms with Gasteiger partial charge in [-0.15, -0.1) is 24.8 Å². The van der Waals surface area contributed by atoms with E-state index in [4.69, 9.17) is 4.74 Å². The third-order valence-corrected chi connectivity index (χ3v) is 5.38. The van der Waals surface area contributed by atoms with Crippen LogP contribution < -0.4 is 5.32 Å². The van der Waals surface area contributed by atoms with E-state index in [2.05, 4.69) is 17.1 Å². The molecule has 1 unspecified atom stereocenters. The minimum atomic E-state index is 0. The molecule has 3 aliphatic heterocycles. The van der Waals surface area contributed by atoms with E-state index in [1.807, 2.05) is 0 Å². The normalized spacial score (nSPS) is 33.5. The van der Waals surface area contributed by atoms with Gasteiger partial charge in [0, 0.05) is 32.8 Å². The van der Waals surface area contributed by atoms with Crippen molar-refractivity contribution in [2.45, 2.75) is 39.0 Å². The Labute approximate surface area is 136 Å². The molecule has 3 fully saturated rings. The van der Waals surface area contributed by atoms with Gasteiger partial charge in [-0.3, -0.25) is 0 Å². The van der Waals surface area contributed by atoms with E-state index in [-0.39, 0.29) is 24.8 Å². The van der Waals surface area contributed by atoms with Gasteiger partial charge in [-0.25, -0.2) is 0 Å². The molecule has 0 saturated carbocycles. The summed E-state index contributed by atoms with van der Waals surface area (Å²) in [4.78, 5) is 2.75. The molecule has 1 spiro atoms. The molecule has 3 heterocycles. The molecule has 1 N–H and O–H groups in total. The highest BCUT2D eigenvalue weighted by Crippen LogP contribution is 2.38. The van der Waals surface area contributed by atoms with Crippen LogP contribution in [0.2, 0.25) is 0 Å². The van der Waals surface area contributed by atoms with Crippen molar-refractivity contribution in [3.63, 3.8) is 0 Å². The van der Waals surface area contributed by atoms with E-state index >= 15 is 0 Å². The maximum absolute atomic E-state index is 5.52. The third kappa shape index (κ3) is 4.23. The van der Waals surface area contributed by atoms with Crippen molar-refractivity contribution in [3.8, 4) is 0 Å². The van der Waals surface area contributed by atoms with Gasteiger partial charge >= 0.3 is 0 Å². The van der Waals surface area contributed by atoms with E-state index in [1.54, 1.807) is 0 Å². The summed E-state index contributed by atoms with van der Waals surface area (Å²) in [6.45, 7) is 10.8. The van der Waals surface area contributed by atoms with Gasteiger partial charge in [0.2, 0.25) is 0 Å². The first-order chi connectivity index (χ1) is 8.70. The summed E-state index contributed by atoms with van der Waals surface area (Å²) in [5.74, 6) is 0. The van der Waals surface area contributed by atoms with Gasteiger partial charge < -0.3 is 15.0 Å². The molecule has 0 bridgehead atoms. The number of hydrogen-bond donors (Lipinski definition) is 1. The van der Waals surface area contributed by atoms with Crippen LogP contribution in [0.15, 0.2) is 0 Å². The molecular weight excluding hydrogens is 295 g/mol. The first-order valence-corrected chi connectivity index (χ1v) is 7.71. The Morgan fingerprint density at radius 3 is 2.50 bits per heavy atom. The second-order valence-electron chi connectivity index (χ2n) is 7.16. The predicted molar refractivity (Wildman–Crippen MR) is 88.2 cm³/mol. The zero-order chi connectivity index (χ0) is 12.5. The van der Waals surface area contributed by atoms with Gasteiger partial charge in [-0.1, -0.05) is 6.92 Å². The second kappa shape index (κ2) is 7.64. The SMILES string of the molecule is CC1(CN2CCCC3(CCNC3)C2)CCOCC1.Cl.Cl. The van der Waals surface area contributed by atoms with Crippen molar-refractivity contribution < 1.29 is 4.74 Å². The Kier molecular flexibility index (Phi) is 7.07. The van der Waals surface area contributed by atoms with E-state index < -0.39 is 0 Å². The number of rotatable bonds is 2. The van der Waals surface area contributed by atoms with Crippen LogP contribution in [0.25, 0.3) is 0 Å². The minimum Gasteiger partial charge on any atom is -0.381 e. The molecule has 20 heavy (non-hydrogen) atoms. The zero-order valence-electron chi connectivity index (χ0n) is 12.7. The Bertz CT molecular complexity index is 290. The molecule has 5 heteroatoms. The molecule has 0 aliphatic carbocycles. The summed E-state index contributed by atoms with van der Waals surface area (Å²) in [6.07, 6.45) is 6.72. The van der Waals surface area contributed by atoms with Crippen molar-refractivity contribution in [1.82, 2.24) is 10.2 Å². The van der Waals surface area contributed by atoms with E-state index in [9.17, 15) is 0 Å². The Morgan fingerprint density at radius 2 is 1.85 bits per heavy atom. The fraction of sp³-hybridized carbons (Fsp3) is 1.00. The molecule has 120 valence electrons. The predicted octanol–water partition coefficient (Wildman–Crippen LogP) is 2.72. The topological polar surface area (TPSA) is 24.5 Å². The van der Waals surface area contributed by atoms with Crippen LogP contribution >= 0.6 is 24.8 Å². The molecule has 1 atom stereocenters. The molecule has 0 radical (unpaired) electrons. The maximum Gasteiger partial charge on any atom is 0.0471 e. The summed E-state index contributed by atoms with van der Waals surface area (Å²) in [6, 6.07) is 0. The molecule has 3 aliphatic rings. The van der Waals surface area contributed by atoms with Crippen LogP contribution in [0.4, 0.5) is 0 Å². The largest absolute Gasteiger partial charge is 0.381 e. The summed E-state index contributed by atoms with van der Waals surface area (Å²) in [7, 11) is 0. The van der Waals surface area contributed by atoms with Crippen LogP contribution in [0.3, 0.4) is 0 Å². The average Bonchev–Trinajstić information content (AvgIpc) is 2.77. The summed E-state index contributed by atoms with van der Waals surface area (Å²) < 4.78 is 5.52. The number of halogens is 2. The molecule has 3 saturated heterocycles. The first-order valence-electron chi connectivity index (χ1n) is 7.71. The van der Waals surface area contributed by atoms with Crippen LogP contribution in [0, 0.1) is 10.8 Å². The highest BCUT2D eigenvalue weighted by molar-refractivity contribution is 5.85. The van der Waals surface area contributed by atoms with Crippen molar-refractivity contribution in [3.05, 3.63) is 0 Å². The summed E-state index contributed by atoms with van der Waals surface area (Å²) >= 11 is 0. The zero-order valence-corrected chi connectivity index (χ0v) is 14.3. The third-order valence-electron chi connectivity index (χ3n) is 5.38. The number of likely N-dealkylation sites (tertiary alicyclic amines) is 1. The monoisotopic (exact) mass is 324 g/mol. The maximum atomic E-state index is 5.52. The molecular formula is C15H30Cl2N2O. The number of ether oxygens (including phenoxy) is 1. The van der Waals surface area contributed by atoms with E-state index in [0.29, 0.717) is 10.8 Å². The Balaban J connectivity index is 0.000001000. The quantitative estimate of drug-likeness (QED) is 0.845. The lowest BCUT2D eigenvalue weighted by Gasteiger charge is -2.45. The number of nitrogens with one attached hydrogen (secondary N) is 1. The summed E-state index contributed by atoms with van der Waals surface area (Å²) in [5.41, 5.74) is 1.11. The smallest absolute Gasteiger partial charge is 0.0471 e.